The number of hydrogen-bond acceptors (Lipinski definition) is 6. The molecule has 1 fully saturated rings. The van der Waals surface area contributed by atoms with Crippen molar-refractivity contribution in [3.63, 3.8) is 0 Å². The highest BCUT2D eigenvalue weighted by Gasteiger charge is 2.22. The third kappa shape index (κ3) is 4.58. The molecule has 27 heavy (non-hydrogen) atoms. The van der Waals surface area contributed by atoms with Crippen molar-refractivity contribution in [3.8, 4) is 5.75 Å². The van der Waals surface area contributed by atoms with Gasteiger partial charge in [-0.1, -0.05) is 6.07 Å². The van der Waals surface area contributed by atoms with Crippen LogP contribution in [0.2, 0.25) is 0 Å². The molecule has 8 heteroatoms. The number of nitrogens with zero attached hydrogens (tertiary/aromatic N) is 5. The Balaban J connectivity index is 1.60. The number of ether oxygens (including phenoxy) is 1. The van der Waals surface area contributed by atoms with Gasteiger partial charge in [0, 0.05) is 58.1 Å². The first-order valence-corrected chi connectivity index (χ1v) is 8.94. The summed E-state index contributed by atoms with van der Waals surface area (Å²) >= 11 is 0. The van der Waals surface area contributed by atoms with Gasteiger partial charge in [-0.05, 0) is 19.1 Å². The van der Waals surface area contributed by atoms with E-state index in [2.05, 4.69) is 20.2 Å². The molecule has 0 radical (unpaired) electrons. The van der Waals surface area contributed by atoms with Crippen LogP contribution in [0.1, 0.15) is 5.82 Å². The zero-order valence-electron chi connectivity index (χ0n) is 16.3. The fourth-order valence-corrected chi connectivity index (χ4v) is 2.97. The number of hydrogen-bond donors (Lipinski definition) is 1. The SMILES string of the molecule is COc1cccc(NC(=O)N2CCN(c3cc(N(C)C)nc(C)n3)CC2)c1. The number of piperazine rings is 1. The van der Waals surface area contributed by atoms with Crippen LogP contribution >= 0.6 is 0 Å². The first-order chi connectivity index (χ1) is 13.0. The molecule has 1 N–H and O–H groups in total. The van der Waals surface area contributed by atoms with E-state index < -0.39 is 0 Å². The molecule has 0 atom stereocenters. The number of anilines is 3. The lowest BCUT2D eigenvalue weighted by Gasteiger charge is -2.35. The van der Waals surface area contributed by atoms with Crippen molar-refractivity contribution in [2.75, 3.05) is 62.5 Å². The predicted molar refractivity (Wildman–Crippen MR) is 107 cm³/mol. The molecule has 1 aromatic carbocycles. The van der Waals surface area contributed by atoms with E-state index in [0.717, 1.165) is 36.2 Å². The van der Waals surface area contributed by atoms with E-state index in [9.17, 15) is 4.79 Å². The lowest BCUT2D eigenvalue weighted by atomic mass is 10.3. The van der Waals surface area contributed by atoms with Crippen LogP contribution in [-0.4, -0.2) is 68.3 Å². The van der Waals surface area contributed by atoms with Gasteiger partial charge in [-0.15, -0.1) is 0 Å². The van der Waals surface area contributed by atoms with E-state index >= 15 is 0 Å². The largest absolute Gasteiger partial charge is 0.497 e. The summed E-state index contributed by atoms with van der Waals surface area (Å²) in [6.45, 7) is 4.63. The van der Waals surface area contributed by atoms with Crippen LogP contribution in [0, 0.1) is 6.92 Å². The van der Waals surface area contributed by atoms with Crippen molar-refractivity contribution >= 4 is 23.4 Å². The number of carbonyl (C=O) groups is 1. The Kier molecular flexibility index (Phi) is 5.63. The van der Waals surface area contributed by atoms with E-state index in [4.69, 9.17) is 4.74 Å². The minimum Gasteiger partial charge on any atom is -0.497 e. The molecular formula is C19H26N6O2. The molecule has 0 unspecified atom stereocenters. The summed E-state index contributed by atoms with van der Waals surface area (Å²) in [6, 6.07) is 9.24. The number of aromatic nitrogens is 2. The Bertz CT molecular complexity index is 803. The third-order valence-corrected chi connectivity index (χ3v) is 4.48. The summed E-state index contributed by atoms with van der Waals surface area (Å²) in [4.78, 5) is 27.5. The Morgan fingerprint density at radius 2 is 1.89 bits per heavy atom. The first-order valence-electron chi connectivity index (χ1n) is 8.94. The second-order valence-electron chi connectivity index (χ2n) is 6.66. The van der Waals surface area contributed by atoms with Crippen molar-refractivity contribution in [2.24, 2.45) is 0 Å². The van der Waals surface area contributed by atoms with Gasteiger partial charge < -0.3 is 24.8 Å². The summed E-state index contributed by atoms with van der Waals surface area (Å²) in [6.07, 6.45) is 0. The summed E-state index contributed by atoms with van der Waals surface area (Å²) in [5.74, 6) is 3.25. The van der Waals surface area contributed by atoms with Crippen LogP contribution < -0.4 is 19.9 Å². The van der Waals surface area contributed by atoms with Gasteiger partial charge in [-0.25, -0.2) is 14.8 Å². The Morgan fingerprint density at radius 3 is 2.56 bits per heavy atom. The Labute approximate surface area is 159 Å². The second-order valence-corrected chi connectivity index (χ2v) is 6.66. The smallest absolute Gasteiger partial charge is 0.321 e. The summed E-state index contributed by atoms with van der Waals surface area (Å²) < 4.78 is 5.19. The summed E-state index contributed by atoms with van der Waals surface area (Å²) in [5.41, 5.74) is 0.726. The van der Waals surface area contributed by atoms with Gasteiger partial charge in [-0.3, -0.25) is 0 Å². The zero-order valence-corrected chi connectivity index (χ0v) is 16.3. The maximum Gasteiger partial charge on any atom is 0.321 e. The second kappa shape index (κ2) is 8.11. The number of amides is 2. The van der Waals surface area contributed by atoms with Crippen molar-refractivity contribution < 1.29 is 9.53 Å². The molecule has 1 aromatic heterocycles. The highest BCUT2D eigenvalue weighted by molar-refractivity contribution is 5.89. The molecule has 3 rings (SSSR count). The molecule has 2 amide bonds. The molecular weight excluding hydrogens is 344 g/mol. The number of urea groups is 1. The molecule has 2 heterocycles. The molecule has 1 saturated heterocycles. The monoisotopic (exact) mass is 370 g/mol. The minimum absolute atomic E-state index is 0.101. The average Bonchev–Trinajstić information content (AvgIpc) is 2.67. The van der Waals surface area contributed by atoms with Gasteiger partial charge in [0.05, 0.1) is 7.11 Å². The molecule has 0 bridgehead atoms. The van der Waals surface area contributed by atoms with Gasteiger partial charge in [0.2, 0.25) is 0 Å². The number of rotatable bonds is 4. The lowest BCUT2D eigenvalue weighted by Crippen LogP contribution is -2.50. The van der Waals surface area contributed by atoms with Crippen LogP contribution in [0.4, 0.5) is 22.1 Å². The molecule has 1 aliphatic heterocycles. The lowest BCUT2D eigenvalue weighted by molar-refractivity contribution is 0.208. The maximum atomic E-state index is 12.5. The highest BCUT2D eigenvalue weighted by atomic mass is 16.5. The molecule has 1 aliphatic rings. The number of carbonyl (C=O) groups excluding carboxylic acids is 1. The number of nitrogens with one attached hydrogen (secondary N) is 1. The molecule has 0 spiro atoms. The van der Waals surface area contributed by atoms with Crippen LogP contribution in [0.3, 0.4) is 0 Å². The van der Waals surface area contributed by atoms with Crippen molar-refractivity contribution in [1.29, 1.82) is 0 Å². The Morgan fingerprint density at radius 1 is 1.15 bits per heavy atom. The molecule has 8 nitrogen and oxygen atoms in total. The number of aryl methyl sites for hydroxylation is 1. The Hall–Kier alpha value is -3.03. The molecule has 0 saturated carbocycles. The van der Waals surface area contributed by atoms with E-state index in [1.165, 1.54) is 0 Å². The molecule has 0 aliphatic carbocycles. The maximum absolute atomic E-state index is 12.5. The van der Waals surface area contributed by atoms with Crippen molar-refractivity contribution in [2.45, 2.75) is 6.92 Å². The zero-order chi connectivity index (χ0) is 19.4. The predicted octanol–water partition coefficient (Wildman–Crippen LogP) is 2.21. The summed E-state index contributed by atoms with van der Waals surface area (Å²) in [5, 5.41) is 2.93. The van der Waals surface area contributed by atoms with Crippen molar-refractivity contribution in [3.05, 3.63) is 36.2 Å². The van der Waals surface area contributed by atoms with E-state index in [0.29, 0.717) is 18.8 Å². The highest BCUT2D eigenvalue weighted by Crippen LogP contribution is 2.20. The van der Waals surface area contributed by atoms with Gasteiger partial charge in [0.25, 0.3) is 0 Å². The first kappa shape index (κ1) is 18.8. The number of benzene rings is 1. The quantitative estimate of drug-likeness (QED) is 0.890. The fraction of sp³-hybridized carbons (Fsp3) is 0.421. The van der Waals surface area contributed by atoms with Crippen LogP contribution in [0.15, 0.2) is 30.3 Å². The van der Waals surface area contributed by atoms with Crippen LogP contribution in [0.5, 0.6) is 5.75 Å². The summed E-state index contributed by atoms with van der Waals surface area (Å²) in [7, 11) is 5.54. The topological polar surface area (TPSA) is 73.8 Å². The minimum atomic E-state index is -0.101. The van der Waals surface area contributed by atoms with E-state index in [-0.39, 0.29) is 6.03 Å². The normalized spacial score (nSPS) is 14.1. The molecule has 2 aromatic rings. The van der Waals surface area contributed by atoms with E-state index in [1.54, 1.807) is 13.2 Å². The fourth-order valence-electron chi connectivity index (χ4n) is 2.97. The van der Waals surface area contributed by atoms with Crippen LogP contribution in [-0.2, 0) is 0 Å². The van der Waals surface area contributed by atoms with Crippen LogP contribution in [0.25, 0.3) is 0 Å². The third-order valence-electron chi connectivity index (χ3n) is 4.48. The van der Waals surface area contributed by atoms with E-state index in [1.807, 2.05) is 55.1 Å². The van der Waals surface area contributed by atoms with Gasteiger partial charge >= 0.3 is 6.03 Å². The average molecular weight is 370 g/mol. The number of methoxy groups -OCH3 is 1. The van der Waals surface area contributed by atoms with Crippen molar-refractivity contribution in [1.82, 2.24) is 14.9 Å². The standard InChI is InChI=1S/C19H26N6O2/c1-14-20-17(23(2)3)13-18(21-14)24-8-10-25(11-9-24)19(26)22-15-6-5-7-16(12-15)27-4/h5-7,12-13H,8-11H2,1-4H3,(H,22,26). The van der Waals surface area contributed by atoms with Gasteiger partial charge in [0.15, 0.2) is 0 Å². The van der Waals surface area contributed by atoms with Gasteiger partial charge in [0.1, 0.15) is 23.2 Å². The molecule has 144 valence electrons. The van der Waals surface area contributed by atoms with Gasteiger partial charge in [-0.2, -0.15) is 0 Å².